The maximum Gasteiger partial charge on any atom is 0.263 e. The first-order valence-electron chi connectivity index (χ1n) is 8.55. The molecule has 0 saturated heterocycles. The zero-order valence-corrected chi connectivity index (χ0v) is 15.4. The number of hydrogen-bond acceptors (Lipinski definition) is 4. The van der Waals surface area contributed by atoms with E-state index in [0.29, 0.717) is 15.9 Å². The van der Waals surface area contributed by atoms with E-state index in [1.54, 1.807) is 19.1 Å². The van der Waals surface area contributed by atoms with Crippen molar-refractivity contribution < 1.29 is 4.79 Å². The van der Waals surface area contributed by atoms with Gasteiger partial charge in [0.05, 0.1) is 11.7 Å². The van der Waals surface area contributed by atoms with Gasteiger partial charge in [0.25, 0.3) is 5.56 Å². The fraction of sp³-hybridized carbons (Fsp3) is 0.0952. The highest BCUT2D eigenvalue weighted by molar-refractivity contribution is 7.17. The lowest BCUT2D eigenvalue weighted by Gasteiger charge is -2.15. The zero-order chi connectivity index (χ0) is 18.8. The van der Waals surface area contributed by atoms with Crippen molar-refractivity contribution in [1.29, 1.82) is 0 Å². The van der Waals surface area contributed by atoms with Gasteiger partial charge in [0.2, 0.25) is 5.91 Å². The number of rotatable bonds is 4. The van der Waals surface area contributed by atoms with Crippen molar-refractivity contribution in [2.45, 2.75) is 13.0 Å². The van der Waals surface area contributed by atoms with E-state index in [0.717, 1.165) is 11.1 Å². The van der Waals surface area contributed by atoms with Gasteiger partial charge in [-0.3, -0.25) is 14.2 Å². The molecule has 134 valence electrons. The van der Waals surface area contributed by atoms with Crippen LogP contribution in [0.2, 0.25) is 0 Å². The summed E-state index contributed by atoms with van der Waals surface area (Å²) in [4.78, 5) is 30.8. The number of nitrogens with one attached hydrogen (secondary N) is 1. The summed E-state index contributed by atoms with van der Waals surface area (Å²) in [5.74, 6) is -0.263. The lowest BCUT2D eigenvalue weighted by atomic mass is 10.1. The Morgan fingerprint density at radius 3 is 2.44 bits per heavy atom. The maximum absolute atomic E-state index is 13.1. The molecule has 1 atom stereocenters. The third kappa shape index (κ3) is 3.27. The van der Waals surface area contributed by atoms with E-state index in [1.165, 1.54) is 22.2 Å². The topological polar surface area (TPSA) is 64.0 Å². The maximum atomic E-state index is 13.1. The summed E-state index contributed by atoms with van der Waals surface area (Å²) in [7, 11) is 0. The van der Waals surface area contributed by atoms with Gasteiger partial charge in [0.15, 0.2) is 0 Å². The predicted octanol–water partition coefficient (Wildman–Crippen LogP) is 4.32. The fourth-order valence-electron chi connectivity index (χ4n) is 2.95. The number of para-hydroxylation sites is 1. The van der Waals surface area contributed by atoms with Gasteiger partial charge >= 0.3 is 0 Å². The van der Waals surface area contributed by atoms with E-state index in [9.17, 15) is 9.59 Å². The summed E-state index contributed by atoms with van der Waals surface area (Å²) in [5, 5.41) is 5.32. The number of hydrogen-bond donors (Lipinski definition) is 1. The highest BCUT2D eigenvalue weighted by Crippen LogP contribution is 2.30. The van der Waals surface area contributed by atoms with Crippen LogP contribution in [0.4, 0.5) is 5.69 Å². The lowest BCUT2D eigenvalue weighted by molar-refractivity contribution is -0.118. The van der Waals surface area contributed by atoms with Crippen LogP contribution in [0, 0.1) is 0 Å². The molecule has 2 aromatic carbocycles. The first-order valence-corrected chi connectivity index (χ1v) is 9.43. The van der Waals surface area contributed by atoms with Gasteiger partial charge in [-0.15, -0.1) is 11.3 Å². The van der Waals surface area contributed by atoms with E-state index in [2.05, 4.69) is 10.3 Å². The molecule has 0 aliphatic carbocycles. The Kier molecular flexibility index (Phi) is 4.56. The number of carbonyl (C=O) groups is 1. The molecule has 0 bridgehead atoms. The van der Waals surface area contributed by atoms with Crippen molar-refractivity contribution in [1.82, 2.24) is 9.55 Å². The molecule has 0 aliphatic rings. The minimum atomic E-state index is -0.682. The fourth-order valence-corrected chi connectivity index (χ4v) is 3.85. The predicted molar refractivity (Wildman–Crippen MR) is 109 cm³/mol. The highest BCUT2D eigenvalue weighted by atomic mass is 32.1. The SMILES string of the molecule is C[C@@H](C(=O)Nc1ccccc1)n1cnc2scc(-c3ccccc3)c2c1=O. The molecule has 0 spiro atoms. The Balaban J connectivity index is 1.73. The third-order valence-electron chi connectivity index (χ3n) is 4.44. The molecular weight excluding hydrogens is 358 g/mol. The lowest BCUT2D eigenvalue weighted by Crippen LogP contribution is -2.31. The second kappa shape index (κ2) is 7.17. The minimum absolute atomic E-state index is 0.212. The summed E-state index contributed by atoms with van der Waals surface area (Å²) >= 11 is 1.43. The Bertz CT molecular complexity index is 1150. The van der Waals surface area contributed by atoms with Gasteiger partial charge < -0.3 is 5.32 Å². The molecule has 5 nitrogen and oxygen atoms in total. The molecule has 0 fully saturated rings. The number of carbonyl (C=O) groups excluding carboxylic acids is 1. The van der Waals surface area contributed by atoms with Gasteiger partial charge in [0.1, 0.15) is 10.9 Å². The van der Waals surface area contributed by atoms with Gasteiger partial charge in [0, 0.05) is 16.6 Å². The summed E-state index contributed by atoms with van der Waals surface area (Å²) in [6.07, 6.45) is 1.45. The van der Waals surface area contributed by atoms with Crippen molar-refractivity contribution in [3.05, 3.63) is 82.7 Å². The van der Waals surface area contributed by atoms with Crippen LogP contribution in [0.25, 0.3) is 21.3 Å². The summed E-state index contributed by atoms with van der Waals surface area (Å²) < 4.78 is 1.39. The van der Waals surface area contributed by atoms with Crippen molar-refractivity contribution in [3.8, 4) is 11.1 Å². The van der Waals surface area contributed by atoms with Crippen LogP contribution in [-0.2, 0) is 4.79 Å². The highest BCUT2D eigenvalue weighted by Gasteiger charge is 2.20. The first-order chi connectivity index (χ1) is 13.1. The molecule has 0 aliphatic heterocycles. The minimum Gasteiger partial charge on any atom is -0.324 e. The zero-order valence-electron chi connectivity index (χ0n) is 14.6. The van der Waals surface area contributed by atoms with Gasteiger partial charge in [-0.25, -0.2) is 4.98 Å². The largest absolute Gasteiger partial charge is 0.324 e. The standard InChI is InChI=1S/C21H17N3O2S/c1-14(19(25)23-16-10-6-3-7-11-16)24-13-22-20-18(21(24)26)17(12-27-20)15-8-4-2-5-9-15/h2-14H,1H3,(H,23,25)/t14-/m0/s1. The van der Waals surface area contributed by atoms with Crippen LogP contribution in [0.15, 0.2) is 77.2 Å². The molecule has 0 radical (unpaired) electrons. The van der Waals surface area contributed by atoms with Crippen molar-refractivity contribution in [2.75, 3.05) is 5.32 Å². The quantitative estimate of drug-likeness (QED) is 0.578. The van der Waals surface area contributed by atoms with Gasteiger partial charge in [-0.2, -0.15) is 0 Å². The van der Waals surface area contributed by atoms with Crippen LogP contribution >= 0.6 is 11.3 Å². The number of thiophene rings is 1. The number of aromatic nitrogens is 2. The molecule has 0 saturated carbocycles. The average molecular weight is 375 g/mol. The van der Waals surface area contributed by atoms with Gasteiger partial charge in [-0.1, -0.05) is 48.5 Å². The third-order valence-corrected chi connectivity index (χ3v) is 5.33. The first kappa shape index (κ1) is 17.2. The van der Waals surface area contributed by atoms with Crippen molar-refractivity contribution >= 4 is 33.1 Å². The number of nitrogens with zero attached hydrogens (tertiary/aromatic N) is 2. The summed E-state index contributed by atoms with van der Waals surface area (Å²) in [6, 6.07) is 18.2. The molecular formula is C21H17N3O2S. The summed E-state index contributed by atoms with van der Waals surface area (Å²) in [6.45, 7) is 1.70. The molecule has 4 aromatic rings. The second-order valence-electron chi connectivity index (χ2n) is 6.18. The molecule has 1 amide bonds. The Morgan fingerprint density at radius 2 is 1.74 bits per heavy atom. The van der Waals surface area contributed by atoms with E-state index in [1.807, 2.05) is 53.9 Å². The molecule has 0 unspecified atom stereocenters. The van der Waals surface area contributed by atoms with Crippen LogP contribution in [0.1, 0.15) is 13.0 Å². The van der Waals surface area contributed by atoms with Crippen LogP contribution in [-0.4, -0.2) is 15.5 Å². The molecule has 2 aromatic heterocycles. The van der Waals surface area contributed by atoms with Gasteiger partial charge in [-0.05, 0) is 24.6 Å². The molecule has 4 rings (SSSR count). The normalized spacial score (nSPS) is 12.0. The smallest absolute Gasteiger partial charge is 0.263 e. The number of amides is 1. The number of fused-ring (bicyclic) bond motifs is 1. The molecule has 27 heavy (non-hydrogen) atoms. The molecule has 2 heterocycles. The van der Waals surface area contributed by atoms with Crippen LogP contribution < -0.4 is 10.9 Å². The Morgan fingerprint density at radius 1 is 1.07 bits per heavy atom. The van der Waals surface area contributed by atoms with Crippen LogP contribution in [0.5, 0.6) is 0 Å². The van der Waals surface area contributed by atoms with E-state index in [-0.39, 0.29) is 11.5 Å². The molecule has 6 heteroatoms. The molecule has 1 N–H and O–H groups in total. The van der Waals surface area contributed by atoms with Crippen molar-refractivity contribution in [3.63, 3.8) is 0 Å². The average Bonchev–Trinajstić information content (AvgIpc) is 3.14. The summed E-state index contributed by atoms with van der Waals surface area (Å²) in [5.41, 5.74) is 2.28. The van der Waals surface area contributed by atoms with Crippen LogP contribution in [0.3, 0.4) is 0 Å². The van der Waals surface area contributed by atoms with E-state index >= 15 is 0 Å². The van der Waals surface area contributed by atoms with Crippen molar-refractivity contribution in [2.24, 2.45) is 0 Å². The number of anilines is 1. The number of benzene rings is 2. The second-order valence-corrected chi connectivity index (χ2v) is 7.04. The monoisotopic (exact) mass is 375 g/mol. The van der Waals surface area contributed by atoms with E-state index < -0.39 is 6.04 Å². The Hall–Kier alpha value is -3.25. The Labute approximate surface area is 159 Å². The van der Waals surface area contributed by atoms with E-state index in [4.69, 9.17) is 0 Å².